The number of hydrogen-bond acceptors (Lipinski definition) is 5. The zero-order chi connectivity index (χ0) is 20.8. The number of nitrogens with one attached hydrogen (secondary N) is 2. The number of anilines is 1. The molecule has 0 fully saturated rings. The van der Waals surface area contributed by atoms with Crippen LogP contribution in [0.2, 0.25) is 0 Å². The number of amides is 1. The minimum absolute atomic E-state index is 0.0430. The summed E-state index contributed by atoms with van der Waals surface area (Å²) in [7, 11) is 5.90. The largest absolute Gasteiger partial charge is 0.378 e. The van der Waals surface area contributed by atoms with Gasteiger partial charge in [-0.05, 0) is 38.7 Å². The minimum atomic E-state index is -0.0430. The number of carbonyl (C=O) groups is 1. The number of benzene rings is 1. The van der Waals surface area contributed by atoms with Crippen molar-refractivity contribution in [1.82, 2.24) is 29.8 Å². The van der Waals surface area contributed by atoms with Gasteiger partial charge in [0.2, 0.25) is 5.91 Å². The molecular weight excluding hydrogens is 366 g/mol. The Bertz CT molecular complexity index is 958. The lowest BCUT2D eigenvalue weighted by molar-refractivity contribution is -0.121. The summed E-state index contributed by atoms with van der Waals surface area (Å²) >= 11 is 0. The molecule has 154 valence electrons. The second-order valence-corrected chi connectivity index (χ2v) is 7.43. The van der Waals surface area contributed by atoms with Crippen LogP contribution in [0.15, 0.2) is 42.9 Å². The molecule has 0 spiro atoms. The van der Waals surface area contributed by atoms with Crippen LogP contribution in [0, 0.1) is 6.92 Å². The molecule has 29 heavy (non-hydrogen) atoms. The molecule has 3 rings (SSSR count). The summed E-state index contributed by atoms with van der Waals surface area (Å²) < 4.78 is 3.52. The van der Waals surface area contributed by atoms with Gasteiger partial charge in [-0.2, -0.15) is 10.2 Å². The Kier molecular flexibility index (Phi) is 6.66. The number of aromatic nitrogens is 4. The Balaban J connectivity index is 1.60. The molecule has 1 aromatic carbocycles. The summed E-state index contributed by atoms with van der Waals surface area (Å²) in [4.78, 5) is 14.0. The van der Waals surface area contributed by atoms with E-state index in [1.54, 1.807) is 10.9 Å². The van der Waals surface area contributed by atoms with E-state index in [1.807, 2.05) is 49.2 Å². The van der Waals surface area contributed by atoms with Gasteiger partial charge < -0.3 is 15.5 Å². The van der Waals surface area contributed by atoms with Crippen LogP contribution in [0.1, 0.15) is 11.1 Å². The van der Waals surface area contributed by atoms with E-state index in [0.717, 1.165) is 23.5 Å². The minimum Gasteiger partial charge on any atom is -0.378 e. The zero-order valence-electron chi connectivity index (χ0n) is 17.5. The first-order valence-electron chi connectivity index (χ1n) is 9.68. The van der Waals surface area contributed by atoms with Crippen molar-refractivity contribution in [3.05, 3.63) is 54.0 Å². The van der Waals surface area contributed by atoms with Crippen molar-refractivity contribution in [2.24, 2.45) is 7.05 Å². The molecule has 1 amide bonds. The molecule has 0 saturated carbocycles. The van der Waals surface area contributed by atoms with E-state index in [2.05, 4.69) is 46.0 Å². The smallest absolute Gasteiger partial charge is 0.241 e. The first-order valence-corrected chi connectivity index (χ1v) is 9.68. The highest BCUT2D eigenvalue weighted by atomic mass is 16.2. The third-order valence-electron chi connectivity index (χ3n) is 4.67. The van der Waals surface area contributed by atoms with Gasteiger partial charge >= 0.3 is 0 Å². The first-order chi connectivity index (χ1) is 13.9. The van der Waals surface area contributed by atoms with Gasteiger partial charge in [0.1, 0.15) is 6.54 Å². The van der Waals surface area contributed by atoms with Crippen LogP contribution in [0.5, 0.6) is 0 Å². The number of likely N-dealkylation sites (N-methyl/N-ethyl adjacent to an activating group) is 1. The van der Waals surface area contributed by atoms with Gasteiger partial charge in [-0.1, -0.05) is 17.7 Å². The monoisotopic (exact) mass is 395 g/mol. The predicted molar refractivity (Wildman–Crippen MR) is 114 cm³/mol. The number of rotatable bonds is 9. The highest BCUT2D eigenvalue weighted by Gasteiger charge is 2.10. The molecule has 8 nitrogen and oxygen atoms in total. The van der Waals surface area contributed by atoms with Crippen molar-refractivity contribution in [3.8, 4) is 11.3 Å². The summed E-state index contributed by atoms with van der Waals surface area (Å²) in [5.41, 5.74) is 5.50. The fourth-order valence-corrected chi connectivity index (χ4v) is 3.08. The summed E-state index contributed by atoms with van der Waals surface area (Å²) in [5, 5.41) is 14.9. The van der Waals surface area contributed by atoms with Crippen LogP contribution in [0.4, 0.5) is 5.69 Å². The molecule has 3 aromatic rings. The zero-order valence-corrected chi connectivity index (χ0v) is 17.5. The SMILES string of the molecule is Cc1ccc(CNc2cnn(CC(=O)NCCN(C)C)c2)c(-c2ccnn2C)c1. The third-order valence-corrected chi connectivity index (χ3v) is 4.67. The van der Waals surface area contributed by atoms with E-state index in [4.69, 9.17) is 0 Å². The summed E-state index contributed by atoms with van der Waals surface area (Å²) in [6.07, 6.45) is 5.40. The fraction of sp³-hybridized carbons (Fsp3) is 0.381. The second kappa shape index (κ2) is 9.38. The molecule has 2 N–H and O–H groups in total. The summed E-state index contributed by atoms with van der Waals surface area (Å²) in [6, 6.07) is 8.44. The second-order valence-electron chi connectivity index (χ2n) is 7.43. The van der Waals surface area contributed by atoms with Crippen LogP contribution >= 0.6 is 0 Å². The lowest BCUT2D eigenvalue weighted by Gasteiger charge is -2.12. The van der Waals surface area contributed by atoms with E-state index in [1.165, 1.54) is 11.1 Å². The van der Waals surface area contributed by atoms with Crippen LogP contribution in [-0.2, 0) is 24.9 Å². The Morgan fingerprint density at radius 3 is 2.76 bits per heavy atom. The van der Waals surface area contributed by atoms with E-state index in [9.17, 15) is 4.79 Å². The topological polar surface area (TPSA) is 80.0 Å². The maximum Gasteiger partial charge on any atom is 0.241 e. The van der Waals surface area contributed by atoms with Gasteiger partial charge in [0, 0.05) is 44.6 Å². The molecule has 0 bridgehead atoms. The fourth-order valence-electron chi connectivity index (χ4n) is 3.08. The van der Waals surface area contributed by atoms with Crippen LogP contribution in [0.25, 0.3) is 11.3 Å². The van der Waals surface area contributed by atoms with Crippen LogP contribution < -0.4 is 10.6 Å². The van der Waals surface area contributed by atoms with Gasteiger partial charge in [-0.25, -0.2) is 0 Å². The molecule has 0 aliphatic carbocycles. The molecule has 2 heterocycles. The Morgan fingerprint density at radius 2 is 2.03 bits per heavy atom. The molecular formula is C21H29N7O. The van der Waals surface area contributed by atoms with Gasteiger partial charge in [0.15, 0.2) is 0 Å². The molecule has 2 aromatic heterocycles. The Morgan fingerprint density at radius 1 is 1.21 bits per heavy atom. The standard InChI is InChI=1S/C21H29N7O/c1-16-5-6-17(19(11-16)20-7-8-24-27(20)4)12-23-18-13-25-28(14-18)15-21(29)22-9-10-26(2)3/h5-8,11,13-14,23H,9-10,12,15H2,1-4H3,(H,22,29). The van der Waals surface area contributed by atoms with Crippen molar-refractivity contribution in [1.29, 1.82) is 0 Å². The predicted octanol–water partition coefficient (Wildman–Crippen LogP) is 1.88. The molecule has 8 heteroatoms. The normalized spacial score (nSPS) is 11.1. The van der Waals surface area contributed by atoms with Crippen molar-refractivity contribution < 1.29 is 4.79 Å². The van der Waals surface area contributed by atoms with Crippen molar-refractivity contribution in [3.63, 3.8) is 0 Å². The van der Waals surface area contributed by atoms with Crippen molar-refractivity contribution in [2.45, 2.75) is 20.0 Å². The lowest BCUT2D eigenvalue weighted by atomic mass is 10.0. The van der Waals surface area contributed by atoms with Gasteiger partial charge in [-0.15, -0.1) is 0 Å². The van der Waals surface area contributed by atoms with Crippen LogP contribution in [-0.4, -0.2) is 57.6 Å². The number of nitrogens with zero attached hydrogens (tertiary/aromatic N) is 5. The van der Waals surface area contributed by atoms with Gasteiger partial charge in [-0.3, -0.25) is 14.2 Å². The highest BCUT2D eigenvalue weighted by Crippen LogP contribution is 2.25. The Labute approximate surface area is 171 Å². The lowest BCUT2D eigenvalue weighted by Crippen LogP contribution is -2.33. The van der Waals surface area contributed by atoms with Crippen molar-refractivity contribution in [2.75, 3.05) is 32.5 Å². The molecule has 0 radical (unpaired) electrons. The quantitative estimate of drug-likeness (QED) is 0.578. The average Bonchev–Trinajstić information content (AvgIpc) is 3.29. The molecule has 0 aliphatic rings. The molecule has 0 unspecified atom stereocenters. The van der Waals surface area contributed by atoms with E-state index in [0.29, 0.717) is 13.1 Å². The van der Waals surface area contributed by atoms with E-state index in [-0.39, 0.29) is 12.5 Å². The van der Waals surface area contributed by atoms with Gasteiger partial charge in [0.05, 0.1) is 17.6 Å². The number of carbonyl (C=O) groups excluding carboxylic acids is 1. The Hall–Kier alpha value is -3.13. The molecule has 0 atom stereocenters. The van der Waals surface area contributed by atoms with Gasteiger partial charge in [0.25, 0.3) is 0 Å². The maximum atomic E-state index is 12.0. The summed E-state index contributed by atoms with van der Waals surface area (Å²) in [5.74, 6) is -0.0430. The molecule has 0 saturated heterocycles. The summed E-state index contributed by atoms with van der Waals surface area (Å²) in [6.45, 7) is 4.39. The number of hydrogen-bond donors (Lipinski definition) is 2. The van der Waals surface area contributed by atoms with Crippen molar-refractivity contribution >= 4 is 11.6 Å². The van der Waals surface area contributed by atoms with Crippen LogP contribution in [0.3, 0.4) is 0 Å². The first kappa shape index (κ1) is 20.6. The van der Waals surface area contributed by atoms with E-state index >= 15 is 0 Å². The highest BCUT2D eigenvalue weighted by molar-refractivity contribution is 5.75. The molecule has 0 aliphatic heterocycles. The average molecular weight is 396 g/mol. The maximum absolute atomic E-state index is 12.0. The third kappa shape index (κ3) is 5.68. The van der Waals surface area contributed by atoms with E-state index < -0.39 is 0 Å². The number of aryl methyl sites for hydroxylation is 2.